The Morgan fingerprint density at radius 1 is 0.833 bits per heavy atom. The number of hydrogen-bond acceptors (Lipinski definition) is 1. The van der Waals surface area contributed by atoms with Crippen molar-refractivity contribution in [1.82, 2.24) is 0 Å². The van der Waals surface area contributed by atoms with Crippen LogP contribution in [0, 0.1) is 5.92 Å². The van der Waals surface area contributed by atoms with Crippen molar-refractivity contribution < 1.29 is 4.79 Å². The van der Waals surface area contributed by atoms with Gasteiger partial charge in [0.15, 0.2) is 0 Å². The van der Waals surface area contributed by atoms with Crippen LogP contribution in [-0.2, 0) is 4.79 Å². The van der Waals surface area contributed by atoms with Gasteiger partial charge in [0.05, 0.1) is 0 Å². The number of rotatable bonds is 9. The number of carbonyl (C=O) groups excluding carboxylic acids is 1. The Labute approximate surface area is 114 Å². The van der Waals surface area contributed by atoms with E-state index in [9.17, 15) is 4.79 Å². The molecule has 1 fully saturated rings. The van der Waals surface area contributed by atoms with E-state index in [-0.39, 0.29) is 0 Å². The van der Waals surface area contributed by atoms with Gasteiger partial charge in [0.1, 0.15) is 5.78 Å². The van der Waals surface area contributed by atoms with Gasteiger partial charge in [0.2, 0.25) is 0 Å². The predicted octanol–water partition coefficient (Wildman–Crippen LogP) is 5.67. The van der Waals surface area contributed by atoms with Gasteiger partial charge in [-0.2, -0.15) is 0 Å². The van der Waals surface area contributed by atoms with Crippen LogP contribution in [0.3, 0.4) is 0 Å². The van der Waals surface area contributed by atoms with Crippen molar-refractivity contribution in [3.05, 3.63) is 0 Å². The van der Waals surface area contributed by atoms with Crippen LogP contribution >= 0.6 is 0 Å². The molecule has 1 heteroatoms. The molecule has 1 saturated carbocycles. The molecular weight excluding hydrogens is 220 g/mol. The Morgan fingerprint density at radius 2 is 1.39 bits per heavy atom. The van der Waals surface area contributed by atoms with Gasteiger partial charge in [0, 0.05) is 12.3 Å². The number of carbonyl (C=O) groups is 1. The zero-order valence-corrected chi connectivity index (χ0v) is 12.4. The van der Waals surface area contributed by atoms with Gasteiger partial charge in [-0.15, -0.1) is 0 Å². The Morgan fingerprint density at radius 3 is 2.00 bits per heavy atom. The first kappa shape index (κ1) is 15.7. The normalized spacial score (nSPS) is 17.6. The summed E-state index contributed by atoms with van der Waals surface area (Å²) >= 11 is 0. The van der Waals surface area contributed by atoms with Gasteiger partial charge in [-0.05, 0) is 19.3 Å². The Hall–Kier alpha value is -0.330. The molecule has 0 N–H and O–H groups in total. The first-order valence-electron chi connectivity index (χ1n) is 8.37. The lowest BCUT2D eigenvalue weighted by atomic mass is 9.92. The molecule has 1 aliphatic carbocycles. The van der Waals surface area contributed by atoms with Crippen LogP contribution in [0.2, 0.25) is 0 Å². The second-order valence-corrected chi connectivity index (χ2v) is 6.03. The van der Waals surface area contributed by atoms with E-state index in [0.717, 1.165) is 12.8 Å². The Kier molecular flexibility index (Phi) is 9.24. The van der Waals surface area contributed by atoms with Crippen molar-refractivity contribution in [2.75, 3.05) is 0 Å². The van der Waals surface area contributed by atoms with Crippen molar-refractivity contribution in [3.63, 3.8) is 0 Å². The molecule has 0 bridgehead atoms. The second-order valence-electron chi connectivity index (χ2n) is 6.03. The van der Waals surface area contributed by atoms with Crippen LogP contribution in [0.1, 0.15) is 96.8 Å². The lowest BCUT2D eigenvalue weighted by Crippen LogP contribution is -2.13. The molecule has 0 radical (unpaired) electrons. The van der Waals surface area contributed by atoms with Gasteiger partial charge in [0.25, 0.3) is 0 Å². The van der Waals surface area contributed by atoms with Crippen molar-refractivity contribution >= 4 is 5.78 Å². The van der Waals surface area contributed by atoms with Crippen LogP contribution in [-0.4, -0.2) is 5.78 Å². The van der Waals surface area contributed by atoms with Crippen LogP contribution < -0.4 is 0 Å². The number of hydrogen-bond donors (Lipinski definition) is 0. The average Bonchev–Trinajstić information content (AvgIpc) is 2.66. The minimum atomic E-state index is 0.424. The van der Waals surface area contributed by atoms with Gasteiger partial charge >= 0.3 is 0 Å². The molecule has 0 aliphatic heterocycles. The molecule has 18 heavy (non-hydrogen) atoms. The average molecular weight is 252 g/mol. The molecule has 0 spiro atoms. The first-order chi connectivity index (χ1) is 8.84. The predicted molar refractivity (Wildman–Crippen MR) is 78.8 cm³/mol. The Balaban J connectivity index is 1.98. The number of ketones is 1. The maximum absolute atomic E-state index is 12.1. The summed E-state index contributed by atoms with van der Waals surface area (Å²) in [5.41, 5.74) is 0. The van der Waals surface area contributed by atoms with Crippen molar-refractivity contribution in [3.8, 4) is 0 Å². The third-order valence-corrected chi connectivity index (χ3v) is 4.34. The van der Waals surface area contributed by atoms with Gasteiger partial charge < -0.3 is 0 Å². The quantitative estimate of drug-likeness (QED) is 0.382. The van der Waals surface area contributed by atoms with E-state index in [4.69, 9.17) is 0 Å². The van der Waals surface area contributed by atoms with Crippen LogP contribution in [0.15, 0.2) is 0 Å². The summed E-state index contributed by atoms with van der Waals surface area (Å²) in [6.07, 6.45) is 17.7. The molecule has 0 aromatic heterocycles. The fourth-order valence-corrected chi connectivity index (χ4v) is 3.06. The van der Waals surface area contributed by atoms with Gasteiger partial charge in [-0.1, -0.05) is 71.1 Å². The third-order valence-electron chi connectivity index (χ3n) is 4.34. The molecule has 1 rings (SSSR count). The molecule has 1 nitrogen and oxygen atoms in total. The Bertz CT molecular complexity index is 202. The molecule has 0 saturated heterocycles. The van der Waals surface area contributed by atoms with Gasteiger partial charge in [-0.3, -0.25) is 4.79 Å². The molecule has 0 aromatic rings. The monoisotopic (exact) mass is 252 g/mol. The molecule has 0 amide bonds. The summed E-state index contributed by atoms with van der Waals surface area (Å²) in [5, 5.41) is 0. The molecule has 0 atom stereocenters. The summed E-state index contributed by atoms with van der Waals surface area (Å²) in [7, 11) is 0. The maximum Gasteiger partial charge on any atom is 0.135 e. The van der Waals surface area contributed by atoms with E-state index in [1.165, 1.54) is 77.0 Å². The standard InChI is InChI=1S/C17H32O/c1-2-3-4-5-6-7-12-15-17(18)16-13-10-8-9-11-14-16/h16H,2-15H2,1H3. The van der Waals surface area contributed by atoms with Crippen LogP contribution in [0.5, 0.6) is 0 Å². The topological polar surface area (TPSA) is 17.1 Å². The highest BCUT2D eigenvalue weighted by molar-refractivity contribution is 5.80. The fourth-order valence-electron chi connectivity index (χ4n) is 3.06. The largest absolute Gasteiger partial charge is 0.299 e. The number of Topliss-reactive ketones (excluding diaryl/α,β-unsaturated/α-hetero) is 1. The summed E-state index contributed by atoms with van der Waals surface area (Å²) < 4.78 is 0. The third kappa shape index (κ3) is 7.18. The fraction of sp³-hybridized carbons (Fsp3) is 0.941. The van der Waals surface area contributed by atoms with Crippen molar-refractivity contribution in [2.24, 2.45) is 5.92 Å². The highest BCUT2D eigenvalue weighted by Crippen LogP contribution is 2.25. The van der Waals surface area contributed by atoms with E-state index < -0.39 is 0 Å². The lowest BCUT2D eigenvalue weighted by molar-refractivity contribution is -0.123. The molecule has 0 aromatic carbocycles. The molecular formula is C17H32O. The molecule has 1 aliphatic rings. The smallest absolute Gasteiger partial charge is 0.135 e. The van der Waals surface area contributed by atoms with E-state index in [0.29, 0.717) is 11.7 Å². The zero-order valence-electron chi connectivity index (χ0n) is 12.4. The van der Waals surface area contributed by atoms with E-state index in [1.54, 1.807) is 0 Å². The SMILES string of the molecule is CCCCCCCCCC(=O)C1CCCCCC1. The summed E-state index contributed by atoms with van der Waals surface area (Å²) in [6, 6.07) is 0. The van der Waals surface area contributed by atoms with Crippen molar-refractivity contribution in [2.45, 2.75) is 96.8 Å². The highest BCUT2D eigenvalue weighted by Gasteiger charge is 2.18. The lowest BCUT2D eigenvalue weighted by Gasteiger charge is -2.12. The summed E-state index contributed by atoms with van der Waals surface area (Å²) in [5.74, 6) is 0.998. The highest BCUT2D eigenvalue weighted by atomic mass is 16.1. The minimum absolute atomic E-state index is 0.424. The van der Waals surface area contributed by atoms with Gasteiger partial charge in [-0.25, -0.2) is 0 Å². The molecule has 106 valence electrons. The second kappa shape index (κ2) is 10.6. The minimum Gasteiger partial charge on any atom is -0.299 e. The number of unbranched alkanes of at least 4 members (excludes halogenated alkanes) is 6. The van der Waals surface area contributed by atoms with Crippen molar-refractivity contribution in [1.29, 1.82) is 0 Å². The van der Waals surface area contributed by atoms with E-state index >= 15 is 0 Å². The molecule has 0 unspecified atom stereocenters. The maximum atomic E-state index is 12.1. The van der Waals surface area contributed by atoms with Crippen LogP contribution in [0.4, 0.5) is 0 Å². The zero-order chi connectivity index (χ0) is 13.1. The van der Waals surface area contributed by atoms with E-state index in [1.807, 2.05) is 0 Å². The molecule has 0 heterocycles. The van der Waals surface area contributed by atoms with Crippen LogP contribution in [0.25, 0.3) is 0 Å². The summed E-state index contributed by atoms with van der Waals surface area (Å²) in [6.45, 7) is 2.26. The first-order valence-corrected chi connectivity index (χ1v) is 8.37. The van der Waals surface area contributed by atoms with E-state index in [2.05, 4.69) is 6.92 Å². The summed E-state index contributed by atoms with van der Waals surface area (Å²) in [4.78, 5) is 12.1.